The summed E-state index contributed by atoms with van der Waals surface area (Å²) in [6.45, 7) is 4.06. The number of rotatable bonds is 8. The Morgan fingerprint density at radius 2 is 1.36 bits per heavy atom. The first kappa shape index (κ1) is 31.5. The maximum Gasteiger partial charge on any atom is 0.416 e. The average Bonchev–Trinajstić information content (AvgIpc) is 3.06. The fourth-order valence-electron chi connectivity index (χ4n) is 5.03. The highest BCUT2D eigenvalue weighted by Gasteiger charge is 2.30. The summed E-state index contributed by atoms with van der Waals surface area (Å²) in [7, 11) is 0. The minimum absolute atomic E-state index is 0.220. The van der Waals surface area contributed by atoms with Crippen LogP contribution in [0, 0.1) is 0 Å². The summed E-state index contributed by atoms with van der Waals surface area (Å²) in [6.07, 6.45) is -3.02. The number of aromatic nitrogens is 2. The molecule has 13 heteroatoms. The van der Waals surface area contributed by atoms with Crippen molar-refractivity contribution in [2.75, 3.05) is 47.6 Å². The van der Waals surface area contributed by atoms with Crippen molar-refractivity contribution in [3.8, 4) is 0 Å². The Hall–Kier alpha value is -5.53. The highest BCUT2D eigenvalue weighted by atomic mass is 19.4. The molecule has 1 aliphatic rings. The molecule has 5 aromatic rings. The molecule has 10 nitrogen and oxygen atoms in total. The third-order valence-electron chi connectivity index (χ3n) is 7.49. The fraction of sp³-hybridized carbons (Fsp3) is 0.176. The van der Waals surface area contributed by atoms with E-state index >= 15 is 0 Å². The Morgan fingerprint density at radius 1 is 0.745 bits per heavy atom. The van der Waals surface area contributed by atoms with Gasteiger partial charge in [0.25, 0.3) is 5.91 Å². The van der Waals surface area contributed by atoms with Crippen molar-refractivity contribution in [1.29, 1.82) is 0 Å². The van der Waals surface area contributed by atoms with Gasteiger partial charge in [0.2, 0.25) is 0 Å². The number of urea groups is 1. The lowest BCUT2D eigenvalue weighted by atomic mass is 10.1. The van der Waals surface area contributed by atoms with Crippen LogP contribution in [-0.2, 0) is 17.5 Å². The van der Waals surface area contributed by atoms with Crippen molar-refractivity contribution >= 4 is 51.4 Å². The van der Waals surface area contributed by atoms with Gasteiger partial charge in [0.1, 0.15) is 12.1 Å². The van der Waals surface area contributed by atoms with E-state index in [-0.39, 0.29) is 11.6 Å². The molecule has 240 valence electrons. The molecule has 3 amide bonds. The van der Waals surface area contributed by atoms with E-state index in [0.717, 1.165) is 50.5 Å². The number of alkyl halides is 3. The van der Waals surface area contributed by atoms with Gasteiger partial charge in [-0.05, 0) is 84.4 Å². The van der Waals surface area contributed by atoms with Crippen molar-refractivity contribution in [2.45, 2.75) is 12.7 Å². The summed E-state index contributed by atoms with van der Waals surface area (Å²) in [5.74, 6) is 0.276. The SMILES string of the molecule is O=C(Nc1ccc(Nc2ncnc3ccc(NC(=O)c4ccc(CN5CCOCC5)cc4)cc23)cc1)Nc1ccc(C(F)(F)F)cc1. The van der Waals surface area contributed by atoms with E-state index in [9.17, 15) is 22.8 Å². The van der Waals surface area contributed by atoms with Crippen LogP contribution in [0.25, 0.3) is 10.9 Å². The Labute approximate surface area is 268 Å². The van der Waals surface area contributed by atoms with Gasteiger partial charge >= 0.3 is 12.2 Å². The first-order valence-electron chi connectivity index (χ1n) is 14.8. The predicted molar refractivity (Wildman–Crippen MR) is 174 cm³/mol. The zero-order valence-electron chi connectivity index (χ0n) is 25.0. The molecular formula is C34H30F3N7O3. The summed E-state index contributed by atoms with van der Waals surface area (Å²) >= 11 is 0. The molecule has 4 N–H and O–H groups in total. The first-order valence-corrected chi connectivity index (χ1v) is 14.8. The van der Waals surface area contributed by atoms with Crippen LogP contribution in [0.5, 0.6) is 0 Å². The lowest BCUT2D eigenvalue weighted by molar-refractivity contribution is -0.137. The largest absolute Gasteiger partial charge is 0.416 e. The molecule has 0 atom stereocenters. The van der Waals surface area contributed by atoms with Crippen LogP contribution < -0.4 is 21.3 Å². The molecule has 1 aromatic heterocycles. The number of ether oxygens (including phenoxy) is 1. The van der Waals surface area contributed by atoms with Gasteiger partial charge in [-0.25, -0.2) is 14.8 Å². The molecule has 0 aliphatic carbocycles. The number of carbonyl (C=O) groups is 2. The topological polar surface area (TPSA) is 121 Å². The summed E-state index contributed by atoms with van der Waals surface area (Å²) in [5, 5.41) is 12.0. The van der Waals surface area contributed by atoms with E-state index in [1.165, 1.54) is 18.5 Å². The summed E-state index contributed by atoms with van der Waals surface area (Å²) in [4.78, 5) is 36.4. The van der Waals surface area contributed by atoms with E-state index in [1.54, 1.807) is 42.5 Å². The second-order valence-corrected chi connectivity index (χ2v) is 10.9. The minimum atomic E-state index is -4.45. The van der Waals surface area contributed by atoms with Crippen molar-refractivity contribution in [3.05, 3.63) is 114 Å². The van der Waals surface area contributed by atoms with Crippen molar-refractivity contribution in [1.82, 2.24) is 14.9 Å². The summed E-state index contributed by atoms with van der Waals surface area (Å²) in [5.41, 5.74) is 3.48. The average molecular weight is 642 g/mol. The van der Waals surface area contributed by atoms with Gasteiger partial charge < -0.3 is 26.0 Å². The Balaban J connectivity index is 1.07. The molecule has 1 fully saturated rings. The number of nitrogens with one attached hydrogen (secondary N) is 4. The van der Waals surface area contributed by atoms with E-state index in [2.05, 4.69) is 36.1 Å². The molecule has 1 aliphatic heterocycles. The van der Waals surface area contributed by atoms with E-state index in [0.29, 0.717) is 39.3 Å². The van der Waals surface area contributed by atoms with Crippen molar-refractivity contribution in [2.24, 2.45) is 0 Å². The fourth-order valence-corrected chi connectivity index (χ4v) is 5.03. The van der Waals surface area contributed by atoms with Gasteiger partial charge in [0.05, 0.1) is 24.3 Å². The Morgan fingerprint density at radius 3 is 2.02 bits per heavy atom. The zero-order valence-corrected chi connectivity index (χ0v) is 25.0. The maximum absolute atomic E-state index is 13.0. The number of hydrogen-bond acceptors (Lipinski definition) is 7. The van der Waals surface area contributed by atoms with Gasteiger partial charge in [-0.3, -0.25) is 9.69 Å². The quantitative estimate of drug-likeness (QED) is 0.142. The molecule has 0 spiro atoms. The summed E-state index contributed by atoms with van der Waals surface area (Å²) in [6, 6.07) is 23.3. The van der Waals surface area contributed by atoms with Crippen LogP contribution in [0.3, 0.4) is 0 Å². The molecule has 0 radical (unpaired) electrons. The Kier molecular flexibility index (Phi) is 9.27. The number of anilines is 5. The Bertz CT molecular complexity index is 1860. The molecule has 6 rings (SSSR count). The van der Waals surface area contributed by atoms with Gasteiger partial charge in [0.15, 0.2) is 0 Å². The van der Waals surface area contributed by atoms with E-state index in [1.807, 2.05) is 24.3 Å². The summed E-state index contributed by atoms with van der Waals surface area (Å²) < 4.78 is 43.7. The van der Waals surface area contributed by atoms with Crippen LogP contribution in [0.2, 0.25) is 0 Å². The van der Waals surface area contributed by atoms with Crippen LogP contribution >= 0.6 is 0 Å². The molecular weight excluding hydrogens is 611 g/mol. The molecule has 0 bridgehead atoms. The number of carbonyl (C=O) groups excluding carboxylic acids is 2. The number of hydrogen-bond donors (Lipinski definition) is 4. The van der Waals surface area contributed by atoms with E-state index < -0.39 is 17.8 Å². The monoisotopic (exact) mass is 641 g/mol. The highest BCUT2D eigenvalue weighted by Crippen LogP contribution is 2.30. The van der Waals surface area contributed by atoms with Crippen LogP contribution in [0.15, 0.2) is 97.3 Å². The molecule has 47 heavy (non-hydrogen) atoms. The lowest BCUT2D eigenvalue weighted by Gasteiger charge is -2.26. The number of amides is 3. The maximum atomic E-state index is 13.0. The number of morpholine rings is 1. The molecule has 2 heterocycles. The molecule has 0 unspecified atom stereocenters. The van der Waals surface area contributed by atoms with Crippen LogP contribution in [0.4, 0.5) is 46.5 Å². The number of nitrogens with zero attached hydrogens (tertiary/aromatic N) is 3. The van der Waals surface area contributed by atoms with Gasteiger partial charge in [0, 0.05) is 53.3 Å². The number of halogens is 3. The standard InChI is InChI=1S/C34H30F3N7O3/c35-34(36,37)24-5-7-26(8-6-24)42-33(46)43-27-11-9-25(10-12-27)40-31-29-19-28(13-14-30(29)38-21-39-31)41-32(45)23-3-1-22(2-4-23)20-44-15-17-47-18-16-44/h1-14,19,21H,15-18,20H2,(H,41,45)(H,38,39,40)(H2,42,43,46). The first-order chi connectivity index (χ1) is 22.7. The van der Waals surface area contributed by atoms with Crippen molar-refractivity contribution in [3.63, 3.8) is 0 Å². The van der Waals surface area contributed by atoms with Crippen LogP contribution in [0.1, 0.15) is 21.5 Å². The second kappa shape index (κ2) is 13.8. The smallest absolute Gasteiger partial charge is 0.379 e. The molecule has 1 saturated heterocycles. The lowest BCUT2D eigenvalue weighted by Crippen LogP contribution is -2.35. The highest BCUT2D eigenvalue weighted by molar-refractivity contribution is 6.06. The molecule has 4 aromatic carbocycles. The van der Waals surface area contributed by atoms with Gasteiger partial charge in [-0.15, -0.1) is 0 Å². The second-order valence-electron chi connectivity index (χ2n) is 10.9. The molecule has 0 saturated carbocycles. The van der Waals surface area contributed by atoms with Crippen LogP contribution in [-0.4, -0.2) is 53.1 Å². The number of benzene rings is 4. The van der Waals surface area contributed by atoms with Gasteiger partial charge in [-0.2, -0.15) is 13.2 Å². The normalized spacial score (nSPS) is 13.6. The third kappa shape index (κ3) is 8.20. The third-order valence-corrected chi connectivity index (χ3v) is 7.49. The zero-order chi connectivity index (χ0) is 32.8. The van der Waals surface area contributed by atoms with Crippen molar-refractivity contribution < 1.29 is 27.5 Å². The predicted octanol–water partition coefficient (Wildman–Crippen LogP) is 7.12. The van der Waals surface area contributed by atoms with E-state index in [4.69, 9.17) is 4.74 Å². The van der Waals surface area contributed by atoms with Gasteiger partial charge in [-0.1, -0.05) is 12.1 Å². The number of fused-ring (bicyclic) bond motifs is 1. The minimum Gasteiger partial charge on any atom is -0.379 e.